The first-order chi connectivity index (χ1) is 17.9. The van der Waals surface area contributed by atoms with E-state index in [9.17, 15) is 31.1 Å². The molecular weight excluding hydrogens is 526 g/mol. The Morgan fingerprint density at radius 2 is 1.79 bits per heavy atom. The normalized spacial score (nSPS) is 13.1. The number of amides is 1. The van der Waals surface area contributed by atoms with Crippen molar-refractivity contribution in [1.29, 1.82) is 0 Å². The van der Waals surface area contributed by atoms with Gasteiger partial charge >= 0.3 is 6.18 Å². The highest BCUT2D eigenvalue weighted by Crippen LogP contribution is 2.33. The monoisotopic (exact) mass is 553 g/mol. The SMILES string of the molecule is CCc1ccc(COc2nc(C(F)(F)F)ccc2CCC(C(N)=O)c2ccc(N(C)S(=O)O)c(F)c2)cc1. The van der Waals surface area contributed by atoms with Gasteiger partial charge in [-0.15, -0.1) is 0 Å². The third-order valence-electron chi connectivity index (χ3n) is 6.03. The molecule has 1 aromatic heterocycles. The molecule has 12 heteroatoms. The largest absolute Gasteiger partial charge is 0.473 e. The second-order valence-corrected chi connectivity index (χ2v) is 9.56. The van der Waals surface area contributed by atoms with Crippen LogP contribution in [0.1, 0.15) is 47.2 Å². The van der Waals surface area contributed by atoms with Gasteiger partial charge in [0.15, 0.2) is 0 Å². The fraction of sp³-hybridized carbons (Fsp3) is 0.308. The number of rotatable bonds is 11. The van der Waals surface area contributed by atoms with E-state index in [0.717, 1.165) is 34.0 Å². The minimum atomic E-state index is -4.68. The molecule has 0 aliphatic rings. The van der Waals surface area contributed by atoms with E-state index >= 15 is 0 Å². The van der Waals surface area contributed by atoms with Crippen molar-refractivity contribution in [2.75, 3.05) is 11.4 Å². The molecule has 38 heavy (non-hydrogen) atoms. The number of benzene rings is 2. The molecular formula is C26H27F4N3O4S. The van der Waals surface area contributed by atoms with Crippen LogP contribution in [0.15, 0.2) is 54.6 Å². The minimum Gasteiger partial charge on any atom is -0.473 e. The summed E-state index contributed by atoms with van der Waals surface area (Å²) in [6.07, 6.45) is -3.75. The second-order valence-electron chi connectivity index (χ2n) is 8.55. The van der Waals surface area contributed by atoms with E-state index in [1.807, 2.05) is 31.2 Å². The highest BCUT2D eigenvalue weighted by molar-refractivity contribution is 7.80. The summed E-state index contributed by atoms with van der Waals surface area (Å²) in [6.45, 7) is 1.99. The number of hydrogen-bond donors (Lipinski definition) is 2. The van der Waals surface area contributed by atoms with Gasteiger partial charge in [-0.25, -0.2) is 13.6 Å². The van der Waals surface area contributed by atoms with Crippen molar-refractivity contribution < 1.29 is 35.9 Å². The predicted octanol–water partition coefficient (Wildman–Crippen LogP) is 5.16. The van der Waals surface area contributed by atoms with Gasteiger partial charge in [-0.1, -0.05) is 43.3 Å². The third-order valence-corrected chi connectivity index (χ3v) is 6.69. The molecule has 0 aliphatic heterocycles. The predicted molar refractivity (Wildman–Crippen MR) is 135 cm³/mol. The van der Waals surface area contributed by atoms with E-state index in [-0.39, 0.29) is 36.6 Å². The fourth-order valence-electron chi connectivity index (χ4n) is 3.82. The van der Waals surface area contributed by atoms with Crippen LogP contribution in [0.3, 0.4) is 0 Å². The van der Waals surface area contributed by atoms with Crippen LogP contribution >= 0.6 is 0 Å². The highest BCUT2D eigenvalue weighted by Gasteiger charge is 2.33. The summed E-state index contributed by atoms with van der Waals surface area (Å²) in [4.78, 5) is 15.9. The molecule has 3 rings (SSSR count). The average molecular weight is 554 g/mol. The lowest BCUT2D eigenvalue weighted by Crippen LogP contribution is -2.23. The van der Waals surface area contributed by atoms with Crippen LogP contribution in [0.5, 0.6) is 5.88 Å². The van der Waals surface area contributed by atoms with Crippen molar-refractivity contribution in [3.63, 3.8) is 0 Å². The van der Waals surface area contributed by atoms with E-state index < -0.39 is 40.8 Å². The maximum atomic E-state index is 14.6. The molecule has 3 N–H and O–H groups in total. The topological polar surface area (TPSA) is 106 Å². The Labute approximate surface area is 220 Å². The molecule has 0 bridgehead atoms. The number of nitrogens with zero attached hydrogens (tertiary/aromatic N) is 2. The Kier molecular flexibility index (Phi) is 9.45. The first-order valence-corrected chi connectivity index (χ1v) is 12.7. The number of carbonyl (C=O) groups is 1. The number of aromatic nitrogens is 1. The number of aryl methyl sites for hydroxylation is 2. The third kappa shape index (κ3) is 7.29. The van der Waals surface area contributed by atoms with E-state index in [1.54, 1.807) is 0 Å². The molecule has 3 aromatic rings. The van der Waals surface area contributed by atoms with Crippen LogP contribution in [0.4, 0.5) is 23.2 Å². The summed E-state index contributed by atoms with van der Waals surface area (Å²) in [5.41, 5.74) is 6.65. The molecule has 2 aromatic carbocycles. The average Bonchev–Trinajstić information content (AvgIpc) is 2.87. The van der Waals surface area contributed by atoms with Crippen LogP contribution in [0, 0.1) is 5.82 Å². The zero-order valence-electron chi connectivity index (χ0n) is 20.7. The summed E-state index contributed by atoms with van der Waals surface area (Å²) in [6, 6.07) is 13.2. The van der Waals surface area contributed by atoms with E-state index in [2.05, 4.69) is 4.98 Å². The molecule has 7 nitrogen and oxygen atoms in total. The maximum absolute atomic E-state index is 14.6. The summed E-state index contributed by atoms with van der Waals surface area (Å²) >= 11 is -2.45. The summed E-state index contributed by atoms with van der Waals surface area (Å²) in [5, 5.41) is 0. The number of alkyl halides is 3. The zero-order valence-corrected chi connectivity index (χ0v) is 21.5. The number of ether oxygens (including phenoxy) is 1. The number of halogens is 4. The van der Waals surface area contributed by atoms with Crippen LogP contribution in [0.25, 0.3) is 0 Å². The molecule has 2 atom stereocenters. The molecule has 0 spiro atoms. The number of anilines is 1. The molecule has 1 heterocycles. The Bertz CT molecular complexity index is 1300. The molecule has 0 aliphatic carbocycles. The Hall–Kier alpha value is -3.51. The molecule has 0 saturated carbocycles. The second kappa shape index (κ2) is 12.4. The van der Waals surface area contributed by atoms with Crippen molar-refractivity contribution in [2.24, 2.45) is 5.73 Å². The van der Waals surface area contributed by atoms with Gasteiger partial charge in [0.1, 0.15) is 18.1 Å². The number of nitrogens with two attached hydrogens (primary N) is 1. The Morgan fingerprint density at radius 3 is 2.34 bits per heavy atom. The van der Waals surface area contributed by atoms with Gasteiger partial charge in [-0.2, -0.15) is 13.2 Å². The van der Waals surface area contributed by atoms with Crippen LogP contribution in [0.2, 0.25) is 0 Å². The molecule has 0 saturated heterocycles. The molecule has 0 fully saturated rings. The van der Waals surface area contributed by atoms with Crippen molar-refractivity contribution in [1.82, 2.24) is 4.98 Å². The van der Waals surface area contributed by atoms with Gasteiger partial charge < -0.3 is 10.5 Å². The molecule has 204 valence electrons. The standard InChI is InChI=1S/C26H27F4N3O4S/c1-3-16-4-6-17(7-5-16)15-37-25-18(10-13-23(32-25)26(28,29)30)8-11-20(24(31)34)19-9-12-22(21(27)14-19)33(2)38(35)36/h4-7,9-10,12-14,20H,3,8,11,15H2,1-2H3,(H2,31,34)(H,35,36). The lowest BCUT2D eigenvalue weighted by atomic mass is 9.91. The minimum absolute atomic E-state index is 0.0169. The summed E-state index contributed by atoms with van der Waals surface area (Å²) in [7, 11) is 1.22. The first-order valence-electron chi connectivity index (χ1n) is 11.6. The Balaban J connectivity index is 1.84. The number of primary amides is 1. The van der Waals surface area contributed by atoms with Gasteiger partial charge in [-0.3, -0.25) is 13.7 Å². The van der Waals surface area contributed by atoms with Gasteiger partial charge in [0.05, 0.1) is 11.6 Å². The van der Waals surface area contributed by atoms with Gasteiger partial charge in [-0.05, 0) is 54.2 Å². The maximum Gasteiger partial charge on any atom is 0.433 e. The molecule has 1 amide bonds. The van der Waals surface area contributed by atoms with E-state index in [1.165, 1.54) is 25.2 Å². The lowest BCUT2D eigenvalue weighted by molar-refractivity contribution is -0.141. The lowest BCUT2D eigenvalue weighted by Gasteiger charge is -2.19. The Morgan fingerprint density at radius 1 is 1.13 bits per heavy atom. The number of carbonyl (C=O) groups excluding carboxylic acids is 1. The summed E-state index contributed by atoms with van der Waals surface area (Å²) < 4.78 is 81.4. The zero-order chi connectivity index (χ0) is 28.0. The number of hydrogen-bond acceptors (Lipinski definition) is 4. The van der Waals surface area contributed by atoms with Crippen LogP contribution in [-0.2, 0) is 41.7 Å². The van der Waals surface area contributed by atoms with Gasteiger partial charge in [0.2, 0.25) is 11.8 Å². The number of pyridine rings is 1. The van der Waals surface area contributed by atoms with E-state index in [4.69, 9.17) is 10.5 Å². The quantitative estimate of drug-likeness (QED) is 0.252. The van der Waals surface area contributed by atoms with Gasteiger partial charge in [0.25, 0.3) is 11.3 Å². The van der Waals surface area contributed by atoms with E-state index in [0.29, 0.717) is 5.56 Å². The van der Waals surface area contributed by atoms with Crippen molar-refractivity contribution >= 4 is 22.9 Å². The van der Waals surface area contributed by atoms with Crippen molar-refractivity contribution in [3.8, 4) is 5.88 Å². The molecule has 0 radical (unpaired) electrons. The fourth-order valence-corrected chi connectivity index (χ4v) is 4.13. The van der Waals surface area contributed by atoms with Crippen molar-refractivity contribution in [3.05, 3.63) is 88.4 Å². The van der Waals surface area contributed by atoms with Gasteiger partial charge in [0, 0.05) is 12.6 Å². The summed E-state index contributed by atoms with van der Waals surface area (Å²) in [5.74, 6) is -2.82. The first kappa shape index (κ1) is 29.1. The highest BCUT2D eigenvalue weighted by atomic mass is 32.2. The van der Waals surface area contributed by atoms with Crippen LogP contribution in [-0.4, -0.2) is 26.7 Å². The smallest absolute Gasteiger partial charge is 0.433 e. The molecule has 2 unspecified atom stereocenters. The van der Waals surface area contributed by atoms with Crippen LogP contribution < -0.4 is 14.8 Å². The van der Waals surface area contributed by atoms with Crippen molar-refractivity contribution in [2.45, 2.75) is 44.9 Å².